The van der Waals surface area contributed by atoms with Crippen LogP contribution in [-0.4, -0.2) is 24.6 Å². The predicted octanol–water partition coefficient (Wildman–Crippen LogP) is 1.69. The molecule has 0 bridgehead atoms. The van der Waals surface area contributed by atoms with Gasteiger partial charge in [-0.3, -0.25) is 9.78 Å². The van der Waals surface area contributed by atoms with E-state index < -0.39 is 0 Å². The van der Waals surface area contributed by atoms with E-state index in [4.69, 9.17) is 0 Å². The van der Waals surface area contributed by atoms with Crippen LogP contribution in [0.15, 0.2) is 24.5 Å². The number of carbonyl (C=O) groups excluding carboxylic acids is 1. The van der Waals surface area contributed by atoms with Gasteiger partial charge >= 0.3 is 5.97 Å². The number of hydrogen-bond acceptors (Lipinski definition) is 4. The standard InChI is InChI=1S/C12H18N2O2/c1-10(11-5-3-7-13-9-11)14-8-4-6-12(15)16-2/h3,5,7,9-10,14H,4,6,8H2,1-2H3/t10-/m1/s1. The lowest BCUT2D eigenvalue weighted by Gasteiger charge is -2.13. The van der Waals surface area contributed by atoms with Gasteiger partial charge in [0.05, 0.1) is 7.11 Å². The first kappa shape index (κ1) is 12.6. The van der Waals surface area contributed by atoms with Gasteiger partial charge < -0.3 is 10.1 Å². The molecule has 1 heterocycles. The first-order valence-electron chi connectivity index (χ1n) is 5.44. The van der Waals surface area contributed by atoms with E-state index in [2.05, 4.69) is 22.0 Å². The molecule has 0 saturated heterocycles. The van der Waals surface area contributed by atoms with Gasteiger partial charge in [-0.15, -0.1) is 0 Å². The molecule has 0 aliphatic rings. The van der Waals surface area contributed by atoms with Gasteiger partial charge in [0.15, 0.2) is 0 Å². The lowest BCUT2D eigenvalue weighted by atomic mass is 10.1. The minimum atomic E-state index is -0.157. The number of nitrogens with zero attached hydrogens (tertiary/aromatic N) is 1. The number of nitrogens with one attached hydrogen (secondary N) is 1. The predicted molar refractivity (Wildman–Crippen MR) is 61.9 cm³/mol. The number of esters is 1. The quantitative estimate of drug-likeness (QED) is 0.588. The van der Waals surface area contributed by atoms with Crippen molar-refractivity contribution in [3.05, 3.63) is 30.1 Å². The average molecular weight is 222 g/mol. The molecule has 0 aliphatic carbocycles. The molecule has 1 rings (SSSR count). The minimum Gasteiger partial charge on any atom is -0.469 e. The van der Waals surface area contributed by atoms with Crippen LogP contribution in [0.5, 0.6) is 0 Å². The highest BCUT2D eigenvalue weighted by Gasteiger charge is 2.04. The molecule has 0 amide bonds. The highest BCUT2D eigenvalue weighted by Crippen LogP contribution is 2.09. The molecule has 1 atom stereocenters. The Morgan fingerprint density at radius 1 is 1.62 bits per heavy atom. The zero-order chi connectivity index (χ0) is 11.8. The Bertz CT molecular complexity index is 314. The van der Waals surface area contributed by atoms with Crippen molar-refractivity contribution in [1.82, 2.24) is 10.3 Å². The molecule has 0 spiro atoms. The average Bonchev–Trinajstić information content (AvgIpc) is 2.35. The number of hydrogen-bond donors (Lipinski definition) is 1. The normalized spacial score (nSPS) is 12.1. The Kier molecular flexibility index (Phi) is 5.50. The van der Waals surface area contributed by atoms with E-state index in [1.54, 1.807) is 6.20 Å². The first-order valence-corrected chi connectivity index (χ1v) is 5.44. The molecule has 0 fully saturated rings. The van der Waals surface area contributed by atoms with Gasteiger partial charge in [0.2, 0.25) is 0 Å². The molecular weight excluding hydrogens is 204 g/mol. The summed E-state index contributed by atoms with van der Waals surface area (Å²) < 4.78 is 4.57. The van der Waals surface area contributed by atoms with E-state index in [0.717, 1.165) is 18.5 Å². The fraction of sp³-hybridized carbons (Fsp3) is 0.500. The summed E-state index contributed by atoms with van der Waals surface area (Å²) in [7, 11) is 1.41. The van der Waals surface area contributed by atoms with E-state index in [1.165, 1.54) is 7.11 Å². The molecule has 0 aromatic carbocycles. The molecule has 1 N–H and O–H groups in total. The maximum Gasteiger partial charge on any atom is 0.305 e. The molecule has 4 heteroatoms. The Balaban J connectivity index is 2.21. The summed E-state index contributed by atoms with van der Waals surface area (Å²) in [6.07, 6.45) is 4.85. The van der Waals surface area contributed by atoms with Crippen LogP contribution in [0.2, 0.25) is 0 Å². The molecule has 4 nitrogen and oxygen atoms in total. The Labute approximate surface area is 96.0 Å². The van der Waals surface area contributed by atoms with Crippen molar-refractivity contribution in [3.63, 3.8) is 0 Å². The second-order valence-corrected chi connectivity index (χ2v) is 3.64. The molecule has 1 aromatic heterocycles. The number of pyridine rings is 1. The third kappa shape index (κ3) is 4.40. The van der Waals surface area contributed by atoms with E-state index in [-0.39, 0.29) is 12.0 Å². The Morgan fingerprint density at radius 3 is 3.06 bits per heavy atom. The van der Waals surface area contributed by atoms with E-state index in [9.17, 15) is 4.79 Å². The summed E-state index contributed by atoms with van der Waals surface area (Å²) in [4.78, 5) is 14.9. The van der Waals surface area contributed by atoms with Gasteiger partial charge in [-0.05, 0) is 31.5 Å². The van der Waals surface area contributed by atoms with E-state index in [1.807, 2.05) is 18.3 Å². The van der Waals surface area contributed by atoms with Crippen molar-refractivity contribution in [1.29, 1.82) is 0 Å². The first-order chi connectivity index (χ1) is 7.74. The van der Waals surface area contributed by atoms with Crippen LogP contribution >= 0.6 is 0 Å². The Morgan fingerprint density at radius 2 is 2.44 bits per heavy atom. The van der Waals surface area contributed by atoms with Crippen molar-refractivity contribution in [2.75, 3.05) is 13.7 Å². The van der Waals surface area contributed by atoms with Crippen molar-refractivity contribution in [2.24, 2.45) is 0 Å². The second kappa shape index (κ2) is 6.95. The highest BCUT2D eigenvalue weighted by atomic mass is 16.5. The molecule has 88 valence electrons. The van der Waals surface area contributed by atoms with Gasteiger partial charge in [-0.1, -0.05) is 6.07 Å². The van der Waals surface area contributed by atoms with Crippen LogP contribution < -0.4 is 5.32 Å². The van der Waals surface area contributed by atoms with Crippen LogP contribution in [0.1, 0.15) is 31.4 Å². The Hall–Kier alpha value is -1.42. The molecule has 16 heavy (non-hydrogen) atoms. The summed E-state index contributed by atoms with van der Waals surface area (Å²) >= 11 is 0. The number of carbonyl (C=O) groups is 1. The fourth-order valence-corrected chi connectivity index (χ4v) is 1.40. The zero-order valence-corrected chi connectivity index (χ0v) is 9.77. The maximum atomic E-state index is 10.9. The van der Waals surface area contributed by atoms with E-state index in [0.29, 0.717) is 6.42 Å². The SMILES string of the molecule is COC(=O)CCCN[C@H](C)c1cccnc1. The molecular formula is C12H18N2O2. The maximum absolute atomic E-state index is 10.9. The van der Waals surface area contributed by atoms with Crippen molar-refractivity contribution in [3.8, 4) is 0 Å². The van der Waals surface area contributed by atoms with Crippen LogP contribution in [0.25, 0.3) is 0 Å². The lowest BCUT2D eigenvalue weighted by Crippen LogP contribution is -2.20. The highest BCUT2D eigenvalue weighted by molar-refractivity contribution is 5.69. The van der Waals surface area contributed by atoms with Gasteiger partial charge in [0.1, 0.15) is 0 Å². The minimum absolute atomic E-state index is 0.157. The van der Waals surface area contributed by atoms with Gasteiger partial charge in [-0.25, -0.2) is 0 Å². The summed E-state index contributed by atoms with van der Waals surface area (Å²) in [6.45, 7) is 2.88. The second-order valence-electron chi connectivity index (χ2n) is 3.64. The lowest BCUT2D eigenvalue weighted by molar-refractivity contribution is -0.140. The third-order valence-corrected chi connectivity index (χ3v) is 2.42. The van der Waals surface area contributed by atoms with Crippen LogP contribution in [-0.2, 0) is 9.53 Å². The van der Waals surface area contributed by atoms with Crippen LogP contribution in [0.4, 0.5) is 0 Å². The molecule has 1 aromatic rings. The van der Waals surface area contributed by atoms with Crippen molar-refractivity contribution in [2.45, 2.75) is 25.8 Å². The summed E-state index contributed by atoms with van der Waals surface area (Å²) in [5, 5.41) is 3.33. The molecule has 0 radical (unpaired) electrons. The molecule has 0 saturated carbocycles. The molecule has 0 aliphatic heterocycles. The monoisotopic (exact) mass is 222 g/mol. The smallest absolute Gasteiger partial charge is 0.305 e. The zero-order valence-electron chi connectivity index (χ0n) is 9.77. The van der Waals surface area contributed by atoms with Crippen LogP contribution in [0.3, 0.4) is 0 Å². The third-order valence-electron chi connectivity index (χ3n) is 2.42. The topological polar surface area (TPSA) is 51.2 Å². The van der Waals surface area contributed by atoms with E-state index >= 15 is 0 Å². The number of rotatable bonds is 6. The number of methoxy groups -OCH3 is 1. The van der Waals surface area contributed by atoms with Gasteiger partial charge in [0.25, 0.3) is 0 Å². The molecule has 0 unspecified atom stereocenters. The summed E-state index contributed by atoms with van der Waals surface area (Å²) in [5.41, 5.74) is 1.15. The summed E-state index contributed by atoms with van der Waals surface area (Å²) in [5.74, 6) is -0.157. The van der Waals surface area contributed by atoms with Gasteiger partial charge in [-0.2, -0.15) is 0 Å². The number of aromatic nitrogens is 1. The van der Waals surface area contributed by atoms with Crippen molar-refractivity contribution >= 4 is 5.97 Å². The fourth-order valence-electron chi connectivity index (χ4n) is 1.40. The number of ether oxygens (including phenoxy) is 1. The summed E-state index contributed by atoms with van der Waals surface area (Å²) in [6, 6.07) is 4.21. The van der Waals surface area contributed by atoms with Crippen LogP contribution in [0, 0.1) is 0 Å². The van der Waals surface area contributed by atoms with Crippen molar-refractivity contribution < 1.29 is 9.53 Å². The largest absolute Gasteiger partial charge is 0.469 e. The van der Waals surface area contributed by atoms with Gasteiger partial charge in [0, 0.05) is 24.9 Å².